The first-order valence-electron chi connectivity index (χ1n) is 7.21. The quantitative estimate of drug-likeness (QED) is 0.574. The zero-order chi connectivity index (χ0) is 16.0. The van der Waals surface area contributed by atoms with E-state index in [0.717, 1.165) is 32.4 Å². The number of carboxylic acid groups (broad SMARTS) is 1. The highest BCUT2D eigenvalue weighted by Gasteiger charge is 2.25. The molecule has 23 heavy (non-hydrogen) atoms. The Morgan fingerprint density at radius 2 is 1.61 bits per heavy atom. The maximum atomic E-state index is 12.8. The normalized spacial score (nSPS) is 12.3. The first-order valence-corrected chi connectivity index (χ1v) is 8.20. The van der Waals surface area contributed by atoms with Crippen molar-refractivity contribution >= 4 is 34.3 Å². The number of thioether (sulfide) groups is 1. The van der Waals surface area contributed by atoms with Gasteiger partial charge in [-0.25, -0.2) is 0 Å². The van der Waals surface area contributed by atoms with Crippen molar-refractivity contribution in [3.8, 4) is 11.1 Å². The number of carbonyl (C=O) groups excluding carboxylic acids is 1. The van der Waals surface area contributed by atoms with Crippen LogP contribution in [0.5, 0.6) is 0 Å². The molecule has 3 nitrogen and oxygen atoms in total. The molecule has 0 atom stereocenters. The predicted molar refractivity (Wildman–Crippen MR) is 91.2 cm³/mol. The molecule has 0 bridgehead atoms. The number of carboxylic acids is 1. The Labute approximate surface area is 136 Å². The average molecular weight is 320 g/mol. The van der Waals surface area contributed by atoms with Crippen LogP contribution in [0.3, 0.4) is 0 Å². The second kappa shape index (κ2) is 5.25. The van der Waals surface area contributed by atoms with Crippen molar-refractivity contribution in [2.75, 3.05) is 5.75 Å². The van der Waals surface area contributed by atoms with E-state index in [1.807, 2.05) is 54.6 Å². The number of carbonyl (C=O) groups is 2. The summed E-state index contributed by atoms with van der Waals surface area (Å²) in [6.45, 7) is 0. The molecule has 1 N–H and O–H groups in total. The van der Waals surface area contributed by atoms with E-state index in [-0.39, 0.29) is 11.5 Å². The molecule has 0 fully saturated rings. The van der Waals surface area contributed by atoms with Gasteiger partial charge in [-0.05, 0) is 22.6 Å². The van der Waals surface area contributed by atoms with E-state index < -0.39 is 5.97 Å². The van der Waals surface area contributed by atoms with E-state index in [0.29, 0.717) is 5.56 Å². The van der Waals surface area contributed by atoms with Crippen LogP contribution in [0.4, 0.5) is 0 Å². The van der Waals surface area contributed by atoms with E-state index in [9.17, 15) is 9.59 Å². The fourth-order valence-corrected chi connectivity index (χ4v) is 3.89. The highest BCUT2D eigenvalue weighted by Crippen LogP contribution is 2.42. The Balaban J connectivity index is 2.01. The van der Waals surface area contributed by atoms with E-state index in [4.69, 9.17) is 5.11 Å². The lowest BCUT2D eigenvalue weighted by Crippen LogP contribution is -2.10. The van der Waals surface area contributed by atoms with Gasteiger partial charge in [0.05, 0.1) is 5.75 Å². The number of hydrogen-bond acceptors (Lipinski definition) is 3. The number of ketones is 1. The van der Waals surface area contributed by atoms with Crippen LogP contribution >= 0.6 is 11.8 Å². The zero-order valence-electron chi connectivity index (χ0n) is 12.1. The van der Waals surface area contributed by atoms with Crippen molar-refractivity contribution in [3.63, 3.8) is 0 Å². The fourth-order valence-electron chi connectivity index (χ4n) is 3.12. The summed E-state index contributed by atoms with van der Waals surface area (Å²) in [7, 11) is 0. The highest BCUT2D eigenvalue weighted by molar-refractivity contribution is 8.00. The number of aliphatic carboxylic acids is 1. The van der Waals surface area contributed by atoms with Gasteiger partial charge in [-0.15, -0.1) is 11.8 Å². The molecule has 3 aromatic carbocycles. The van der Waals surface area contributed by atoms with E-state index in [1.165, 1.54) is 11.8 Å². The van der Waals surface area contributed by atoms with Crippen molar-refractivity contribution in [2.24, 2.45) is 0 Å². The van der Waals surface area contributed by atoms with Crippen LogP contribution in [-0.2, 0) is 4.79 Å². The van der Waals surface area contributed by atoms with Gasteiger partial charge in [0.15, 0.2) is 5.78 Å². The van der Waals surface area contributed by atoms with Crippen LogP contribution in [0.2, 0.25) is 0 Å². The summed E-state index contributed by atoms with van der Waals surface area (Å²) in [5.74, 6) is -0.820. The molecule has 0 aromatic heterocycles. The monoisotopic (exact) mass is 320 g/mol. The third-order valence-electron chi connectivity index (χ3n) is 4.06. The molecule has 0 amide bonds. The minimum absolute atomic E-state index is 0.00318. The minimum atomic E-state index is -0.850. The lowest BCUT2D eigenvalue weighted by Gasteiger charge is -2.20. The van der Waals surface area contributed by atoms with Crippen molar-refractivity contribution in [1.29, 1.82) is 0 Å². The maximum Gasteiger partial charge on any atom is 0.313 e. The molecule has 4 heteroatoms. The van der Waals surface area contributed by atoms with Gasteiger partial charge >= 0.3 is 5.97 Å². The fraction of sp³-hybridized carbons (Fsp3) is 0.0526. The van der Waals surface area contributed by atoms with Gasteiger partial charge in [0.2, 0.25) is 0 Å². The summed E-state index contributed by atoms with van der Waals surface area (Å²) >= 11 is 1.28. The second-order valence-corrected chi connectivity index (χ2v) is 6.41. The van der Waals surface area contributed by atoms with Gasteiger partial charge in [0.25, 0.3) is 0 Å². The molecule has 112 valence electrons. The van der Waals surface area contributed by atoms with E-state index in [2.05, 4.69) is 0 Å². The Hall–Kier alpha value is -2.59. The smallest absolute Gasteiger partial charge is 0.313 e. The topological polar surface area (TPSA) is 54.4 Å². The van der Waals surface area contributed by atoms with Gasteiger partial charge in [0, 0.05) is 21.4 Å². The van der Waals surface area contributed by atoms with Crippen molar-refractivity contribution in [1.82, 2.24) is 0 Å². The number of hydrogen-bond donors (Lipinski definition) is 1. The van der Waals surface area contributed by atoms with Gasteiger partial charge in [-0.3, -0.25) is 9.59 Å². The molecule has 0 unspecified atom stereocenters. The maximum absolute atomic E-state index is 12.8. The van der Waals surface area contributed by atoms with Crippen LogP contribution in [0.25, 0.3) is 21.9 Å². The largest absolute Gasteiger partial charge is 0.481 e. The summed E-state index contributed by atoms with van der Waals surface area (Å²) in [6, 6.07) is 17.2. The van der Waals surface area contributed by atoms with Gasteiger partial charge in [-0.1, -0.05) is 48.5 Å². The molecular formula is C19H12O3S. The molecule has 4 rings (SSSR count). The minimum Gasteiger partial charge on any atom is -0.481 e. The molecule has 3 aromatic rings. The highest BCUT2D eigenvalue weighted by atomic mass is 32.2. The van der Waals surface area contributed by atoms with Gasteiger partial charge in [0.1, 0.15) is 0 Å². The average Bonchev–Trinajstić information content (AvgIpc) is 2.58. The lowest BCUT2D eigenvalue weighted by atomic mass is 9.83. The van der Waals surface area contributed by atoms with Crippen LogP contribution in [0.15, 0.2) is 59.5 Å². The molecule has 1 aliphatic carbocycles. The first-order chi connectivity index (χ1) is 11.2. The molecule has 0 saturated heterocycles. The van der Waals surface area contributed by atoms with Crippen molar-refractivity contribution in [3.05, 3.63) is 65.7 Å². The molecule has 0 spiro atoms. The van der Waals surface area contributed by atoms with E-state index in [1.54, 1.807) is 0 Å². The number of rotatable bonds is 3. The summed E-state index contributed by atoms with van der Waals surface area (Å²) in [5, 5.41) is 10.8. The van der Waals surface area contributed by atoms with Gasteiger partial charge in [-0.2, -0.15) is 0 Å². The molecule has 0 radical (unpaired) electrons. The number of benzene rings is 3. The third kappa shape index (κ3) is 2.14. The van der Waals surface area contributed by atoms with Crippen LogP contribution in [-0.4, -0.2) is 22.6 Å². The molecule has 1 aliphatic rings. The SMILES string of the molecule is O=C(O)CSc1ccc2c3c(cccc13)C(=O)c1ccccc1-2. The summed E-state index contributed by atoms with van der Waals surface area (Å²) < 4.78 is 0. The summed E-state index contributed by atoms with van der Waals surface area (Å²) in [6.07, 6.45) is 0. The van der Waals surface area contributed by atoms with Crippen molar-refractivity contribution < 1.29 is 14.7 Å². The summed E-state index contributed by atoms with van der Waals surface area (Å²) in [5.41, 5.74) is 3.38. The van der Waals surface area contributed by atoms with Crippen molar-refractivity contribution in [2.45, 2.75) is 4.90 Å². The van der Waals surface area contributed by atoms with Crippen LogP contribution in [0.1, 0.15) is 15.9 Å². The van der Waals surface area contributed by atoms with Crippen LogP contribution < -0.4 is 0 Å². The molecular weight excluding hydrogens is 308 g/mol. The predicted octanol–water partition coefficient (Wildman–Crippen LogP) is 4.23. The Bertz CT molecular complexity index is 976. The Morgan fingerprint density at radius 1 is 0.870 bits per heavy atom. The third-order valence-corrected chi connectivity index (χ3v) is 5.12. The molecule has 0 aliphatic heterocycles. The van der Waals surface area contributed by atoms with Crippen LogP contribution in [0, 0.1) is 0 Å². The molecule has 0 heterocycles. The standard InChI is InChI=1S/C19H12O3S/c20-17(21)10-23-16-9-8-12-11-4-1-2-5-13(11)19(22)15-7-3-6-14(16)18(12)15/h1-9H,10H2,(H,20,21). The lowest BCUT2D eigenvalue weighted by molar-refractivity contribution is -0.133. The second-order valence-electron chi connectivity index (χ2n) is 5.40. The Kier molecular flexibility index (Phi) is 3.20. The van der Waals surface area contributed by atoms with E-state index >= 15 is 0 Å². The summed E-state index contributed by atoms with van der Waals surface area (Å²) in [4.78, 5) is 24.5. The van der Waals surface area contributed by atoms with Gasteiger partial charge < -0.3 is 5.11 Å². The molecule has 0 saturated carbocycles. The Morgan fingerprint density at radius 3 is 2.39 bits per heavy atom. The first kappa shape index (κ1) is 14.0. The zero-order valence-corrected chi connectivity index (χ0v) is 12.9. The number of fused-ring (bicyclic) bond motifs is 2.